The van der Waals surface area contributed by atoms with Gasteiger partial charge in [-0.3, -0.25) is 9.19 Å². The fourth-order valence-corrected chi connectivity index (χ4v) is 6.02. The third-order valence-electron chi connectivity index (χ3n) is 6.18. The predicted molar refractivity (Wildman–Crippen MR) is 125 cm³/mol. The number of hydrogen-bond donors (Lipinski definition) is 0. The number of hydrogen-bond acceptors (Lipinski definition) is 3. The Bertz CT molecular complexity index is 1190. The summed E-state index contributed by atoms with van der Waals surface area (Å²) in [7, 11) is -1.00. The van der Waals surface area contributed by atoms with E-state index in [0.717, 1.165) is 54.7 Å². The molecule has 0 amide bonds. The quantitative estimate of drug-likeness (QED) is 0.450. The summed E-state index contributed by atoms with van der Waals surface area (Å²) in [5.41, 5.74) is 2.28. The number of benzene rings is 3. The van der Waals surface area contributed by atoms with Crippen LogP contribution in [-0.4, -0.2) is 39.0 Å². The van der Waals surface area contributed by atoms with E-state index in [2.05, 4.69) is 52.3 Å². The molecule has 2 heterocycles. The number of pyridine rings is 1. The lowest BCUT2D eigenvalue weighted by Crippen LogP contribution is -2.38. The van der Waals surface area contributed by atoms with Crippen molar-refractivity contribution >= 4 is 32.5 Å². The van der Waals surface area contributed by atoms with Gasteiger partial charge in [0.15, 0.2) is 0 Å². The Hall–Kier alpha value is -2.56. The monoisotopic (exact) mass is 414 g/mol. The fourth-order valence-electron chi connectivity index (χ4n) is 4.45. The summed E-state index contributed by atoms with van der Waals surface area (Å²) in [5.74, 6) is 0. The lowest BCUT2D eigenvalue weighted by molar-refractivity contribution is 0.234. The van der Waals surface area contributed by atoms with Crippen molar-refractivity contribution in [2.45, 2.75) is 29.4 Å². The largest absolute Gasteiger partial charge is 0.303 e. The van der Waals surface area contributed by atoms with Crippen molar-refractivity contribution in [3.8, 4) is 0 Å². The van der Waals surface area contributed by atoms with E-state index >= 15 is 0 Å². The van der Waals surface area contributed by atoms with E-state index in [1.807, 2.05) is 30.3 Å². The minimum absolute atomic E-state index is 0.217. The Morgan fingerprint density at radius 3 is 2.50 bits per heavy atom. The van der Waals surface area contributed by atoms with Gasteiger partial charge in [-0.05, 0) is 60.8 Å². The second-order valence-electron chi connectivity index (χ2n) is 8.10. The zero-order valence-corrected chi connectivity index (χ0v) is 17.9. The summed E-state index contributed by atoms with van der Waals surface area (Å²) in [5, 5.41) is 3.89. The van der Waals surface area contributed by atoms with Gasteiger partial charge in [0.1, 0.15) is 0 Å². The first kappa shape index (κ1) is 19.4. The van der Waals surface area contributed by atoms with Crippen LogP contribution in [0.1, 0.15) is 18.4 Å². The van der Waals surface area contributed by atoms with Gasteiger partial charge < -0.3 is 4.90 Å². The third kappa shape index (κ3) is 4.03. The maximum atomic E-state index is 13.3. The van der Waals surface area contributed by atoms with Crippen LogP contribution in [0.4, 0.5) is 0 Å². The molecule has 0 radical (unpaired) electrons. The van der Waals surface area contributed by atoms with E-state index in [4.69, 9.17) is 0 Å². The molecule has 0 aliphatic carbocycles. The standard InChI is InChI=1S/C26H26N2OS/c29-30(25-9-3-7-22-8-4-15-27-26(22)25)24-13-17-28(18-14-24)16-12-20-10-11-21-5-1-2-6-23(21)19-20/h1-11,15,19,24H,12-14,16-18H2. The summed E-state index contributed by atoms with van der Waals surface area (Å²) >= 11 is 0. The molecule has 1 aliphatic rings. The number of rotatable bonds is 5. The maximum absolute atomic E-state index is 13.3. The first-order valence-electron chi connectivity index (χ1n) is 10.7. The van der Waals surface area contributed by atoms with Gasteiger partial charge in [0.2, 0.25) is 0 Å². The van der Waals surface area contributed by atoms with Crippen LogP contribution in [0.25, 0.3) is 21.7 Å². The molecule has 5 rings (SSSR count). The number of para-hydroxylation sites is 1. The van der Waals surface area contributed by atoms with Crippen molar-refractivity contribution in [1.82, 2.24) is 9.88 Å². The molecule has 1 fully saturated rings. The molecule has 152 valence electrons. The summed E-state index contributed by atoms with van der Waals surface area (Å²) < 4.78 is 13.3. The predicted octanol–water partition coefficient (Wildman–Crippen LogP) is 5.20. The molecule has 1 unspecified atom stereocenters. The number of likely N-dealkylation sites (tertiary alicyclic amines) is 1. The third-order valence-corrected chi connectivity index (χ3v) is 8.02. The Morgan fingerprint density at radius 1 is 0.867 bits per heavy atom. The van der Waals surface area contributed by atoms with E-state index < -0.39 is 10.8 Å². The Kier molecular flexibility index (Phi) is 5.60. The second kappa shape index (κ2) is 8.66. The van der Waals surface area contributed by atoms with E-state index in [9.17, 15) is 4.21 Å². The highest BCUT2D eigenvalue weighted by Gasteiger charge is 2.26. The van der Waals surface area contributed by atoms with Gasteiger partial charge in [0.05, 0.1) is 21.2 Å². The minimum Gasteiger partial charge on any atom is -0.303 e. The fraction of sp³-hybridized carbons (Fsp3) is 0.269. The summed E-state index contributed by atoms with van der Waals surface area (Å²) in [4.78, 5) is 7.90. The van der Waals surface area contributed by atoms with Crippen molar-refractivity contribution in [3.05, 3.63) is 84.6 Å². The van der Waals surface area contributed by atoms with E-state index in [1.165, 1.54) is 16.3 Å². The molecule has 0 bridgehead atoms. The minimum atomic E-state index is -1.00. The number of fused-ring (bicyclic) bond motifs is 2. The second-order valence-corrected chi connectivity index (χ2v) is 9.80. The van der Waals surface area contributed by atoms with Gasteiger partial charge in [0.25, 0.3) is 0 Å². The normalized spacial score (nSPS) is 16.8. The van der Waals surface area contributed by atoms with Crippen molar-refractivity contribution in [1.29, 1.82) is 0 Å². The highest BCUT2D eigenvalue weighted by atomic mass is 32.2. The van der Waals surface area contributed by atoms with E-state index in [1.54, 1.807) is 6.20 Å². The Labute approximate surface area is 180 Å². The van der Waals surface area contributed by atoms with Crippen LogP contribution in [0.3, 0.4) is 0 Å². The Balaban J connectivity index is 1.20. The zero-order chi connectivity index (χ0) is 20.3. The first-order chi connectivity index (χ1) is 14.8. The molecule has 3 aromatic carbocycles. The molecule has 1 aromatic heterocycles. The van der Waals surface area contributed by atoms with Gasteiger partial charge in [0, 0.05) is 23.4 Å². The van der Waals surface area contributed by atoms with E-state index in [-0.39, 0.29) is 5.25 Å². The van der Waals surface area contributed by atoms with E-state index in [0.29, 0.717) is 0 Å². The number of piperidine rings is 1. The van der Waals surface area contributed by atoms with Crippen molar-refractivity contribution in [2.75, 3.05) is 19.6 Å². The van der Waals surface area contributed by atoms with Gasteiger partial charge in [-0.25, -0.2) is 0 Å². The summed E-state index contributed by atoms with van der Waals surface area (Å²) in [6.45, 7) is 3.10. The Morgan fingerprint density at radius 2 is 1.63 bits per heavy atom. The molecule has 0 N–H and O–H groups in total. The highest BCUT2D eigenvalue weighted by molar-refractivity contribution is 7.86. The molecule has 1 saturated heterocycles. The summed E-state index contributed by atoms with van der Waals surface area (Å²) in [6.07, 6.45) is 4.81. The highest BCUT2D eigenvalue weighted by Crippen LogP contribution is 2.26. The number of aromatic nitrogens is 1. The molecule has 0 saturated carbocycles. The van der Waals surface area contributed by atoms with Gasteiger partial charge in [-0.1, -0.05) is 60.7 Å². The molecule has 0 spiro atoms. The van der Waals surface area contributed by atoms with Crippen LogP contribution in [0.15, 0.2) is 83.9 Å². The molecule has 30 heavy (non-hydrogen) atoms. The maximum Gasteiger partial charge on any atom is 0.0863 e. The topological polar surface area (TPSA) is 33.2 Å². The molecule has 3 nitrogen and oxygen atoms in total. The summed E-state index contributed by atoms with van der Waals surface area (Å²) in [6, 6.07) is 25.3. The van der Waals surface area contributed by atoms with Gasteiger partial charge >= 0.3 is 0 Å². The van der Waals surface area contributed by atoms with Crippen molar-refractivity contribution in [2.24, 2.45) is 0 Å². The first-order valence-corrected chi connectivity index (χ1v) is 11.9. The molecule has 4 aromatic rings. The molecule has 1 atom stereocenters. The van der Waals surface area contributed by atoms with Crippen LogP contribution in [0, 0.1) is 0 Å². The van der Waals surface area contributed by atoms with Crippen LogP contribution in [0.2, 0.25) is 0 Å². The van der Waals surface area contributed by atoms with Crippen molar-refractivity contribution in [3.63, 3.8) is 0 Å². The van der Waals surface area contributed by atoms with Crippen molar-refractivity contribution < 1.29 is 4.21 Å². The van der Waals surface area contributed by atoms with Gasteiger partial charge in [-0.15, -0.1) is 0 Å². The van der Waals surface area contributed by atoms with Crippen LogP contribution < -0.4 is 0 Å². The average Bonchev–Trinajstić information content (AvgIpc) is 2.82. The molecule has 1 aliphatic heterocycles. The zero-order valence-electron chi connectivity index (χ0n) is 17.0. The molecule has 4 heteroatoms. The lowest BCUT2D eigenvalue weighted by Gasteiger charge is -2.31. The molecular weight excluding hydrogens is 388 g/mol. The van der Waals surface area contributed by atoms with Crippen LogP contribution in [-0.2, 0) is 17.2 Å². The van der Waals surface area contributed by atoms with Crippen LogP contribution >= 0.6 is 0 Å². The molecular formula is C26H26N2OS. The van der Waals surface area contributed by atoms with Gasteiger partial charge in [-0.2, -0.15) is 0 Å². The smallest absolute Gasteiger partial charge is 0.0863 e. The van der Waals surface area contributed by atoms with Crippen LogP contribution in [0.5, 0.6) is 0 Å². The number of nitrogens with zero attached hydrogens (tertiary/aromatic N) is 2. The average molecular weight is 415 g/mol. The SMILES string of the molecule is O=S(c1cccc2cccnc12)C1CCN(CCc2ccc3ccccc3c2)CC1. The lowest BCUT2D eigenvalue weighted by atomic mass is 10.0.